The Hall–Kier alpha value is -3.48. The highest BCUT2D eigenvalue weighted by Crippen LogP contribution is 2.24. The quantitative estimate of drug-likeness (QED) is 0.738. The Bertz CT molecular complexity index is 1130. The summed E-state index contributed by atoms with van der Waals surface area (Å²) in [4.78, 5) is 42.8. The maximum absolute atomic E-state index is 12.9. The molecule has 7 nitrogen and oxygen atoms in total. The van der Waals surface area contributed by atoms with E-state index in [0.29, 0.717) is 36.6 Å². The van der Waals surface area contributed by atoms with E-state index in [4.69, 9.17) is 0 Å². The lowest BCUT2D eigenvalue weighted by Crippen LogP contribution is -2.41. The average Bonchev–Trinajstić information content (AvgIpc) is 2.74. The first kappa shape index (κ1) is 18.9. The molecule has 0 aliphatic carbocycles. The molecule has 1 aromatic carbocycles. The molecule has 0 spiro atoms. The van der Waals surface area contributed by atoms with E-state index < -0.39 is 5.97 Å². The van der Waals surface area contributed by atoms with Gasteiger partial charge in [-0.15, -0.1) is 0 Å². The van der Waals surface area contributed by atoms with Gasteiger partial charge in [-0.05, 0) is 48.9 Å². The number of carboxylic acid groups (broad SMARTS) is 1. The van der Waals surface area contributed by atoms with Crippen molar-refractivity contribution >= 4 is 17.5 Å². The number of nitrogens with zero attached hydrogens (tertiary/aromatic N) is 3. The highest BCUT2D eigenvalue weighted by atomic mass is 16.4. The molecule has 3 aromatic rings. The van der Waals surface area contributed by atoms with Crippen molar-refractivity contribution < 1.29 is 14.7 Å². The van der Waals surface area contributed by atoms with Gasteiger partial charge in [0.1, 0.15) is 11.2 Å². The predicted molar refractivity (Wildman–Crippen MR) is 107 cm³/mol. The van der Waals surface area contributed by atoms with Crippen LogP contribution < -0.4 is 5.56 Å². The second-order valence-electron chi connectivity index (χ2n) is 7.31. The fourth-order valence-electron chi connectivity index (χ4n) is 3.90. The third-order valence-electron chi connectivity index (χ3n) is 5.50. The van der Waals surface area contributed by atoms with E-state index in [0.717, 1.165) is 18.4 Å². The highest BCUT2D eigenvalue weighted by molar-refractivity contribution is 5.93. The van der Waals surface area contributed by atoms with E-state index in [1.54, 1.807) is 41.4 Å². The minimum absolute atomic E-state index is 0.0726. The highest BCUT2D eigenvalue weighted by Gasteiger charge is 2.26. The minimum Gasteiger partial charge on any atom is -0.478 e. The first-order chi connectivity index (χ1) is 14.0. The summed E-state index contributed by atoms with van der Waals surface area (Å²) in [6, 6.07) is 12.3. The zero-order valence-electron chi connectivity index (χ0n) is 15.8. The van der Waals surface area contributed by atoms with Gasteiger partial charge in [0.25, 0.3) is 11.5 Å². The first-order valence-corrected chi connectivity index (χ1v) is 9.61. The second-order valence-corrected chi connectivity index (χ2v) is 7.31. The lowest BCUT2D eigenvalue weighted by molar-refractivity contribution is 0.0688. The van der Waals surface area contributed by atoms with Gasteiger partial charge in [0.2, 0.25) is 0 Å². The molecule has 1 saturated heterocycles. The molecular weight excluding hydrogens is 370 g/mol. The van der Waals surface area contributed by atoms with Crippen LogP contribution in [-0.4, -0.2) is 44.4 Å². The average molecular weight is 391 g/mol. The topological polar surface area (TPSA) is 92.0 Å². The number of aromatic nitrogens is 2. The van der Waals surface area contributed by atoms with Crippen LogP contribution in [0.25, 0.3) is 5.65 Å². The van der Waals surface area contributed by atoms with Crippen LogP contribution in [0.15, 0.2) is 59.7 Å². The van der Waals surface area contributed by atoms with Crippen molar-refractivity contribution in [3.05, 3.63) is 81.9 Å². The number of hydrogen-bond donors (Lipinski definition) is 1. The summed E-state index contributed by atoms with van der Waals surface area (Å²) in [5, 5.41) is 9.35. The Morgan fingerprint density at radius 2 is 1.76 bits per heavy atom. The normalized spacial score (nSPS) is 14.8. The molecule has 1 amide bonds. The van der Waals surface area contributed by atoms with E-state index >= 15 is 0 Å². The Labute approximate surface area is 167 Å². The van der Waals surface area contributed by atoms with Gasteiger partial charge in [0, 0.05) is 25.5 Å². The minimum atomic E-state index is -0.919. The van der Waals surface area contributed by atoms with Gasteiger partial charge in [0.05, 0.1) is 5.56 Å². The van der Waals surface area contributed by atoms with Crippen LogP contribution in [0.1, 0.15) is 39.1 Å². The molecule has 0 atom stereocenters. The number of pyridine rings is 1. The Morgan fingerprint density at radius 1 is 1.03 bits per heavy atom. The van der Waals surface area contributed by atoms with Gasteiger partial charge in [-0.25, -0.2) is 9.78 Å². The maximum atomic E-state index is 12.9. The zero-order chi connectivity index (χ0) is 20.4. The first-order valence-electron chi connectivity index (χ1n) is 9.61. The summed E-state index contributed by atoms with van der Waals surface area (Å²) in [5.41, 5.74) is 1.37. The fourth-order valence-corrected chi connectivity index (χ4v) is 3.90. The predicted octanol–water partition coefficient (Wildman–Crippen LogP) is 2.49. The van der Waals surface area contributed by atoms with E-state index in [2.05, 4.69) is 4.98 Å². The number of carboxylic acids is 1. The summed E-state index contributed by atoms with van der Waals surface area (Å²) < 4.78 is 1.38. The van der Waals surface area contributed by atoms with Crippen molar-refractivity contribution in [1.29, 1.82) is 0 Å². The number of piperidine rings is 1. The second kappa shape index (κ2) is 7.87. The van der Waals surface area contributed by atoms with Crippen LogP contribution in [-0.2, 0) is 6.42 Å². The molecule has 7 heteroatoms. The van der Waals surface area contributed by atoms with Gasteiger partial charge < -0.3 is 10.0 Å². The van der Waals surface area contributed by atoms with Crippen LogP contribution in [0.2, 0.25) is 0 Å². The van der Waals surface area contributed by atoms with Crippen molar-refractivity contribution in [3.8, 4) is 0 Å². The summed E-state index contributed by atoms with van der Waals surface area (Å²) in [6.07, 6.45) is 5.16. The summed E-state index contributed by atoms with van der Waals surface area (Å²) in [7, 11) is 0. The van der Waals surface area contributed by atoms with Gasteiger partial charge in [-0.2, -0.15) is 0 Å². The molecular formula is C22H21N3O4. The SMILES string of the molecule is O=C(O)c1ccccc1CC1CCN(C(=O)c2cnc3ccccn3c2=O)CC1. The number of fused-ring (bicyclic) bond motifs is 1. The number of aromatic carboxylic acids is 1. The lowest BCUT2D eigenvalue weighted by atomic mass is 9.88. The van der Waals surface area contributed by atoms with Crippen LogP contribution in [0.4, 0.5) is 0 Å². The molecule has 1 aliphatic rings. The van der Waals surface area contributed by atoms with Crippen molar-refractivity contribution in [2.24, 2.45) is 5.92 Å². The third kappa shape index (κ3) is 3.76. The van der Waals surface area contributed by atoms with Gasteiger partial charge in [0.15, 0.2) is 0 Å². The maximum Gasteiger partial charge on any atom is 0.335 e. The Kier molecular flexibility index (Phi) is 5.12. The van der Waals surface area contributed by atoms with E-state index in [1.165, 1.54) is 10.6 Å². The molecule has 0 bridgehead atoms. The van der Waals surface area contributed by atoms with Crippen molar-refractivity contribution in [2.45, 2.75) is 19.3 Å². The molecule has 29 heavy (non-hydrogen) atoms. The standard InChI is InChI=1S/C22H21N3O4/c26-20(18-14-23-19-7-3-4-10-25(19)21(18)27)24-11-8-15(9-12-24)13-16-5-1-2-6-17(16)22(28)29/h1-7,10,14-15H,8-9,11-13H2,(H,28,29). The van der Waals surface area contributed by atoms with Gasteiger partial charge >= 0.3 is 5.97 Å². The Morgan fingerprint density at radius 3 is 2.52 bits per heavy atom. The summed E-state index contributed by atoms with van der Waals surface area (Å²) >= 11 is 0. The molecule has 0 radical (unpaired) electrons. The number of rotatable bonds is 4. The van der Waals surface area contributed by atoms with E-state index in [9.17, 15) is 19.5 Å². The van der Waals surface area contributed by atoms with Crippen LogP contribution in [0.3, 0.4) is 0 Å². The Balaban J connectivity index is 1.45. The molecule has 1 fully saturated rings. The fraction of sp³-hybridized carbons (Fsp3) is 0.273. The number of amides is 1. The summed E-state index contributed by atoms with van der Waals surface area (Å²) in [6.45, 7) is 1.07. The smallest absolute Gasteiger partial charge is 0.335 e. The van der Waals surface area contributed by atoms with E-state index in [-0.39, 0.29) is 17.0 Å². The van der Waals surface area contributed by atoms with Crippen molar-refractivity contribution in [1.82, 2.24) is 14.3 Å². The largest absolute Gasteiger partial charge is 0.478 e. The molecule has 148 valence electrons. The van der Waals surface area contributed by atoms with Crippen LogP contribution >= 0.6 is 0 Å². The number of likely N-dealkylation sites (tertiary alicyclic amines) is 1. The van der Waals surface area contributed by atoms with Gasteiger partial charge in [-0.3, -0.25) is 14.0 Å². The van der Waals surface area contributed by atoms with Crippen LogP contribution in [0.5, 0.6) is 0 Å². The molecule has 1 N–H and O–H groups in total. The molecule has 3 heterocycles. The number of carbonyl (C=O) groups is 2. The third-order valence-corrected chi connectivity index (χ3v) is 5.50. The molecule has 0 unspecified atom stereocenters. The van der Waals surface area contributed by atoms with E-state index in [1.807, 2.05) is 12.1 Å². The monoisotopic (exact) mass is 391 g/mol. The zero-order valence-corrected chi connectivity index (χ0v) is 15.8. The molecule has 0 saturated carbocycles. The summed E-state index contributed by atoms with van der Waals surface area (Å²) in [5.74, 6) is -0.919. The lowest BCUT2D eigenvalue weighted by Gasteiger charge is -2.32. The van der Waals surface area contributed by atoms with Gasteiger partial charge in [-0.1, -0.05) is 24.3 Å². The molecule has 4 rings (SSSR count). The van der Waals surface area contributed by atoms with Crippen LogP contribution in [0, 0.1) is 5.92 Å². The number of benzene rings is 1. The molecule has 1 aliphatic heterocycles. The van der Waals surface area contributed by atoms with Crippen molar-refractivity contribution in [2.75, 3.05) is 13.1 Å². The number of hydrogen-bond acceptors (Lipinski definition) is 4. The molecule has 2 aromatic heterocycles. The van der Waals surface area contributed by atoms with Crippen molar-refractivity contribution in [3.63, 3.8) is 0 Å². The number of carbonyl (C=O) groups excluding carboxylic acids is 1.